The summed E-state index contributed by atoms with van der Waals surface area (Å²) in [5.74, 6) is 0.202. The molecule has 0 saturated carbocycles. The van der Waals surface area contributed by atoms with Crippen molar-refractivity contribution in [1.82, 2.24) is 25.1 Å². The largest absolute Gasteiger partial charge is 0.345 e. The molecule has 0 atom stereocenters. The summed E-state index contributed by atoms with van der Waals surface area (Å²) in [5, 5.41) is 27.9. The lowest BCUT2D eigenvalue weighted by atomic mass is 10.1. The molecule has 2 aromatic heterocycles. The van der Waals surface area contributed by atoms with Gasteiger partial charge in [-0.1, -0.05) is 41.6 Å². The van der Waals surface area contributed by atoms with E-state index in [0.717, 1.165) is 5.56 Å². The zero-order valence-electron chi connectivity index (χ0n) is 20.9. The number of thiazole rings is 1. The quantitative estimate of drug-likeness (QED) is 0.165. The average Bonchev–Trinajstić information content (AvgIpc) is 3.52. The number of aromatic nitrogens is 4. The van der Waals surface area contributed by atoms with Crippen LogP contribution in [-0.2, 0) is 17.9 Å². The second-order valence-corrected chi connectivity index (χ2v) is 10.1. The summed E-state index contributed by atoms with van der Waals surface area (Å²) in [6, 6.07) is 12.2. The summed E-state index contributed by atoms with van der Waals surface area (Å²) in [6.45, 7) is 6.32. The highest BCUT2D eigenvalue weighted by molar-refractivity contribution is 7.99. The van der Waals surface area contributed by atoms with E-state index < -0.39 is 4.92 Å². The van der Waals surface area contributed by atoms with Gasteiger partial charge in [-0.3, -0.25) is 19.7 Å². The molecule has 0 radical (unpaired) electrons. The molecular weight excluding hydrogens is 526 g/mol. The Bertz CT molecular complexity index is 1500. The number of nitrogens with one attached hydrogen (secondary N) is 2. The van der Waals surface area contributed by atoms with Gasteiger partial charge in [0.1, 0.15) is 0 Å². The fourth-order valence-electron chi connectivity index (χ4n) is 3.64. The Morgan fingerprint density at radius 2 is 1.97 bits per heavy atom. The Kier molecular flexibility index (Phi) is 8.48. The highest BCUT2D eigenvalue weighted by Gasteiger charge is 2.17. The number of aryl methyl sites for hydroxylation is 2. The Balaban J connectivity index is 1.33. The number of thioether (sulfide) groups is 1. The van der Waals surface area contributed by atoms with E-state index in [9.17, 15) is 19.7 Å². The zero-order chi connectivity index (χ0) is 27.2. The minimum Gasteiger partial charge on any atom is -0.345 e. The number of nitrogens with zero attached hydrogens (tertiary/aromatic N) is 5. The molecule has 0 aliphatic heterocycles. The van der Waals surface area contributed by atoms with Crippen LogP contribution >= 0.6 is 23.1 Å². The second-order valence-electron chi connectivity index (χ2n) is 8.33. The van der Waals surface area contributed by atoms with Crippen LogP contribution in [0.2, 0.25) is 0 Å². The third kappa shape index (κ3) is 6.42. The van der Waals surface area contributed by atoms with Crippen molar-refractivity contribution in [2.75, 3.05) is 11.1 Å². The zero-order valence-corrected chi connectivity index (χ0v) is 22.6. The van der Waals surface area contributed by atoms with E-state index in [1.54, 1.807) is 30.5 Å². The van der Waals surface area contributed by atoms with Crippen molar-refractivity contribution in [3.63, 3.8) is 0 Å². The molecule has 0 unspecified atom stereocenters. The molecule has 0 aliphatic rings. The van der Waals surface area contributed by atoms with Crippen LogP contribution in [0.15, 0.2) is 53.0 Å². The first-order valence-corrected chi connectivity index (χ1v) is 13.5. The van der Waals surface area contributed by atoms with Crippen molar-refractivity contribution in [2.24, 2.45) is 0 Å². The third-order valence-electron chi connectivity index (χ3n) is 5.58. The van der Waals surface area contributed by atoms with E-state index >= 15 is 0 Å². The van der Waals surface area contributed by atoms with Crippen molar-refractivity contribution < 1.29 is 14.5 Å². The topological polar surface area (TPSA) is 145 Å². The minimum absolute atomic E-state index is 0.0200. The van der Waals surface area contributed by atoms with Crippen LogP contribution < -0.4 is 10.6 Å². The Morgan fingerprint density at radius 1 is 1.16 bits per heavy atom. The lowest BCUT2D eigenvalue weighted by molar-refractivity contribution is -0.385. The van der Waals surface area contributed by atoms with Gasteiger partial charge < -0.3 is 15.2 Å². The number of benzene rings is 2. The highest BCUT2D eigenvalue weighted by Crippen LogP contribution is 2.29. The Labute approximate surface area is 226 Å². The highest BCUT2D eigenvalue weighted by atomic mass is 32.2. The molecule has 0 saturated heterocycles. The van der Waals surface area contributed by atoms with Gasteiger partial charge in [0.2, 0.25) is 5.91 Å². The molecule has 0 spiro atoms. The van der Waals surface area contributed by atoms with E-state index in [-0.39, 0.29) is 29.8 Å². The molecule has 2 heterocycles. The molecule has 0 aliphatic carbocycles. The van der Waals surface area contributed by atoms with Crippen molar-refractivity contribution in [3.8, 4) is 11.3 Å². The lowest BCUT2D eigenvalue weighted by Gasteiger charge is -2.09. The van der Waals surface area contributed by atoms with Crippen LogP contribution in [0.4, 0.5) is 10.8 Å². The average molecular weight is 552 g/mol. The van der Waals surface area contributed by atoms with Crippen LogP contribution in [0.1, 0.15) is 34.2 Å². The SMILES string of the molecule is CCn1c(CNC(=O)c2cccc(C)c2)nnc1SCC(=O)Nc1nc(-c2ccc(C)c([N+](=O)[O-])c2)cs1. The standard InChI is InChI=1S/C25H25N7O4S2/c1-4-31-21(12-26-23(34)18-7-5-6-15(2)10-18)29-30-25(31)38-14-22(33)28-24-27-19(13-37-24)17-9-8-16(3)20(11-17)32(35)36/h5-11,13H,4,12,14H2,1-3H3,(H,26,34)(H,27,28,33). The van der Waals surface area contributed by atoms with E-state index in [1.165, 1.54) is 29.2 Å². The van der Waals surface area contributed by atoms with E-state index in [1.807, 2.05) is 36.6 Å². The molecule has 2 aromatic carbocycles. The maximum Gasteiger partial charge on any atom is 0.272 e. The number of hydrogen-bond donors (Lipinski definition) is 2. The summed E-state index contributed by atoms with van der Waals surface area (Å²) in [7, 11) is 0. The number of nitro groups is 1. The second kappa shape index (κ2) is 12.0. The fraction of sp³-hybridized carbons (Fsp3) is 0.240. The first-order chi connectivity index (χ1) is 18.2. The van der Waals surface area contributed by atoms with Crippen LogP contribution in [0.3, 0.4) is 0 Å². The van der Waals surface area contributed by atoms with Gasteiger partial charge in [-0.2, -0.15) is 0 Å². The summed E-state index contributed by atoms with van der Waals surface area (Å²) in [4.78, 5) is 40.2. The van der Waals surface area contributed by atoms with Crippen molar-refractivity contribution in [1.29, 1.82) is 0 Å². The Morgan fingerprint density at radius 3 is 2.71 bits per heavy atom. The molecule has 4 rings (SSSR count). The van der Waals surface area contributed by atoms with Crippen LogP contribution in [-0.4, -0.2) is 42.2 Å². The molecule has 13 heteroatoms. The predicted octanol–water partition coefficient (Wildman–Crippen LogP) is 4.61. The molecule has 0 bridgehead atoms. The van der Waals surface area contributed by atoms with Crippen molar-refractivity contribution in [2.45, 2.75) is 39.0 Å². The number of nitro benzene ring substituents is 1. The molecule has 4 aromatic rings. The number of anilines is 1. The van der Waals surface area contributed by atoms with Crippen LogP contribution in [0.5, 0.6) is 0 Å². The smallest absolute Gasteiger partial charge is 0.272 e. The first-order valence-electron chi connectivity index (χ1n) is 11.7. The number of amides is 2. The molecule has 0 fully saturated rings. The summed E-state index contributed by atoms with van der Waals surface area (Å²) >= 11 is 2.47. The molecular formula is C25H25N7O4S2. The van der Waals surface area contributed by atoms with Crippen molar-refractivity contribution in [3.05, 3.63) is 80.5 Å². The Hall–Kier alpha value is -4.10. The van der Waals surface area contributed by atoms with Gasteiger partial charge in [0.25, 0.3) is 11.6 Å². The summed E-state index contributed by atoms with van der Waals surface area (Å²) < 4.78 is 1.85. The molecule has 38 heavy (non-hydrogen) atoms. The molecule has 2 amide bonds. The van der Waals surface area contributed by atoms with Gasteiger partial charge >= 0.3 is 0 Å². The van der Waals surface area contributed by atoms with Gasteiger partial charge in [0.05, 0.1) is 22.9 Å². The van der Waals surface area contributed by atoms with Gasteiger partial charge in [-0.15, -0.1) is 21.5 Å². The van der Waals surface area contributed by atoms with Gasteiger partial charge in [-0.05, 0) is 32.9 Å². The van der Waals surface area contributed by atoms with Gasteiger partial charge in [0, 0.05) is 34.7 Å². The van der Waals surface area contributed by atoms with Crippen LogP contribution in [0.25, 0.3) is 11.3 Å². The normalized spacial score (nSPS) is 10.8. The minimum atomic E-state index is -0.427. The fourth-order valence-corrected chi connectivity index (χ4v) is 5.19. The maximum absolute atomic E-state index is 12.6. The molecule has 196 valence electrons. The van der Waals surface area contributed by atoms with Gasteiger partial charge in [0.15, 0.2) is 16.1 Å². The third-order valence-corrected chi connectivity index (χ3v) is 7.31. The maximum atomic E-state index is 12.6. The van der Waals surface area contributed by atoms with Crippen molar-refractivity contribution >= 4 is 45.7 Å². The molecule has 11 nitrogen and oxygen atoms in total. The number of hydrogen-bond acceptors (Lipinski definition) is 9. The summed E-state index contributed by atoms with van der Waals surface area (Å²) in [5.41, 5.74) is 3.31. The monoisotopic (exact) mass is 551 g/mol. The van der Waals surface area contributed by atoms with Crippen LogP contribution in [0, 0.1) is 24.0 Å². The summed E-state index contributed by atoms with van der Waals surface area (Å²) in [6.07, 6.45) is 0. The molecule has 2 N–H and O–H groups in total. The van der Waals surface area contributed by atoms with Gasteiger partial charge in [-0.25, -0.2) is 4.98 Å². The van der Waals surface area contributed by atoms with E-state index in [4.69, 9.17) is 0 Å². The first kappa shape index (κ1) is 26.9. The predicted molar refractivity (Wildman–Crippen MR) is 146 cm³/mol. The van der Waals surface area contributed by atoms with E-state index in [0.29, 0.717) is 45.0 Å². The lowest BCUT2D eigenvalue weighted by Crippen LogP contribution is -2.25. The number of carbonyl (C=O) groups excluding carboxylic acids is 2. The number of carbonyl (C=O) groups is 2. The van der Waals surface area contributed by atoms with E-state index in [2.05, 4.69) is 25.8 Å². The number of rotatable bonds is 10.